The van der Waals surface area contributed by atoms with Gasteiger partial charge < -0.3 is 5.11 Å². The molecule has 0 amide bonds. The summed E-state index contributed by atoms with van der Waals surface area (Å²) in [5.74, 6) is 0. The molecule has 0 aromatic heterocycles. The van der Waals surface area contributed by atoms with Crippen molar-refractivity contribution in [2.75, 3.05) is 0 Å². The number of unbranched alkanes of at least 4 members (excludes halogenated alkanes) is 6. The van der Waals surface area contributed by atoms with Gasteiger partial charge in [0.2, 0.25) is 0 Å². The first kappa shape index (κ1) is 17.0. The molecule has 0 radical (unpaired) electrons. The number of rotatable bonds is 12. The standard InChI is InChI=1S/C16H34O/c1-4-7-10-13-16(17,14-11-8-5-2)15-12-9-6-3/h17H,4-15H2,1-3H3. The van der Waals surface area contributed by atoms with Gasteiger partial charge in [-0.3, -0.25) is 0 Å². The largest absolute Gasteiger partial charge is 0.390 e. The van der Waals surface area contributed by atoms with E-state index in [2.05, 4.69) is 20.8 Å². The Morgan fingerprint density at radius 2 is 0.882 bits per heavy atom. The van der Waals surface area contributed by atoms with Crippen LogP contribution in [0.2, 0.25) is 0 Å². The van der Waals surface area contributed by atoms with E-state index in [0.717, 1.165) is 19.3 Å². The summed E-state index contributed by atoms with van der Waals surface area (Å²) in [6.07, 6.45) is 14.2. The minimum Gasteiger partial charge on any atom is -0.390 e. The Kier molecular flexibility index (Phi) is 11.0. The second-order valence-corrected chi connectivity index (χ2v) is 5.60. The molecule has 0 aliphatic carbocycles. The molecular weight excluding hydrogens is 208 g/mol. The zero-order valence-corrected chi connectivity index (χ0v) is 12.4. The lowest BCUT2D eigenvalue weighted by Crippen LogP contribution is -2.28. The molecule has 0 aromatic rings. The third-order valence-corrected chi connectivity index (χ3v) is 3.74. The summed E-state index contributed by atoms with van der Waals surface area (Å²) in [6, 6.07) is 0. The van der Waals surface area contributed by atoms with Crippen molar-refractivity contribution >= 4 is 0 Å². The highest BCUT2D eigenvalue weighted by Crippen LogP contribution is 2.28. The van der Waals surface area contributed by atoms with E-state index in [1.807, 2.05) is 0 Å². The van der Waals surface area contributed by atoms with Crippen molar-refractivity contribution < 1.29 is 5.11 Å². The molecule has 0 saturated heterocycles. The fraction of sp³-hybridized carbons (Fsp3) is 1.00. The van der Waals surface area contributed by atoms with E-state index in [1.165, 1.54) is 57.8 Å². The minimum atomic E-state index is -0.348. The molecule has 0 spiro atoms. The molecule has 0 unspecified atom stereocenters. The average molecular weight is 242 g/mol. The Morgan fingerprint density at radius 1 is 0.588 bits per heavy atom. The molecule has 0 atom stereocenters. The molecule has 1 N–H and O–H groups in total. The summed E-state index contributed by atoms with van der Waals surface area (Å²) in [6.45, 7) is 6.69. The summed E-state index contributed by atoms with van der Waals surface area (Å²) in [5.41, 5.74) is -0.348. The summed E-state index contributed by atoms with van der Waals surface area (Å²) in [7, 11) is 0. The highest BCUT2D eigenvalue weighted by molar-refractivity contribution is 4.78. The van der Waals surface area contributed by atoms with Crippen molar-refractivity contribution in [2.45, 2.75) is 103 Å². The minimum absolute atomic E-state index is 0.348. The maximum absolute atomic E-state index is 10.7. The fourth-order valence-electron chi connectivity index (χ4n) is 2.49. The van der Waals surface area contributed by atoms with Gasteiger partial charge in [0.1, 0.15) is 0 Å². The lowest BCUT2D eigenvalue weighted by molar-refractivity contribution is 0.00737. The van der Waals surface area contributed by atoms with Crippen LogP contribution < -0.4 is 0 Å². The lowest BCUT2D eigenvalue weighted by Gasteiger charge is -2.28. The first-order valence-corrected chi connectivity index (χ1v) is 7.91. The Hall–Kier alpha value is -0.0400. The molecule has 1 nitrogen and oxygen atoms in total. The van der Waals surface area contributed by atoms with Crippen LogP contribution in [-0.4, -0.2) is 10.7 Å². The van der Waals surface area contributed by atoms with Crippen LogP contribution in [0, 0.1) is 0 Å². The highest BCUT2D eigenvalue weighted by atomic mass is 16.3. The maximum Gasteiger partial charge on any atom is 0.0647 e. The average Bonchev–Trinajstić information content (AvgIpc) is 2.30. The molecular formula is C16H34O. The molecule has 0 aliphatic rings. The molecule has 17 heavy (non-hydrogen) atoms. The smallest absolute Gasteiger partial charge is 0.0647 e. The first-order valence-electron chi connectivity index (χ1n) is 7.91. The summed E-state index contributed by atoms with van der Waals surface area (Å²) in [5, 5.41) is 10.7. The Bertz CT molecular complexity index is 127. The van der Waals surface area contributed by atoms with Gasteiger partial charge in [-0.1, -0.05) is 78.6 Å². The molecule has 0 fully saturated rings. The van der Waals surface area contributed by atoms with Gasteiger partial charge >= 0.3 is 0 Å². The zero-order chi connectivity index (χ0) is 13.0. The normalized spacial score (nSPS) is 12.0. The van der Waals surface area contributed by atoms with Gasteiger partial charge in [-0.15, -0.1) is 0 Å². The first-order chi connectivity index (χ1) is 8.18. The van der Waals surface area contributed by atoms with Crippen LogP contribution in [0.5, 0.6) is 0 Å². The lowest BCUT2D eigenvalue weighted by atomic mass is 9.85. The summed E-state index contributed by atoms with van der Waals surface area (Å²) < 4.78 is 0. The van der Waals surface area contributed by atoms with E-state index in [9.17, 15) is 5.11 Å². The van der Waals surface area contributed by atoms with E-state index >= 15 is 0 Å². The number of hydrogen-bond acceptors (Lipinski definition) is 1. The highest BCUT2D eigenvalue weighted by Gasteiger charge is 2.24. The molecule has 0 aliphatic heterocycles. The van der Waals surface area contributed by atoms with E-state index in [4.69, 9.17) is 0 Å². The Balaban J connectivity index is 3.95. The predicted molar refractivity (Wildman–Crippen MR) is 77.4 cm³/mol. The zero-order valence-electron chi connectivity index (χ0n) is 12.4. The maximum atomic E-state index is 10.7. The Labute approximate surface area is 109 Å². The van der Waals surface area contributed by atoms with Crippen molar-refractivity contribution in [2.24, 2.45) is 0 Å². The van der Waals surface area contributed by atoms with Crippen molar-refractivity contribution in [3.63, 3.8) is 0 Å². The topological polar surface area (TPSA) is 20.2 Å². The van der Waals surface area contributed by atoms with Gasteiger partial charge in [0, 0.05) is 0 Å². The van der Waals surface area contributed by atoms with Crippen molar-refractivity contribution in [1.29, 1.82) is 0 Å². The molecule has 0 heterocycles. The van der Waals surface area contributed by atoms with E-state index in [0.29, 0.717) is 0 Å². The van der Waals surface area contributed by atoms with E-state index in [1.54, 1.807) is 0 Å². The van der Waals surface area contributed by atoms with Crippen molar-refractivity contribution in [3.05, 3.63) is 0 Å². The van der Waals surface area contributed by atoms with Crippen LogP contribution in [0.15, 0.2) is 0 Å². The van der Waals surface area contributed by atoms with Gasteiger partial charge in [0.25, 0.3) is 0 Å². The van der Waals surface area contributed by atoms with E-state index < -0.39 is 0 Å². The second kappa shape index (κ2) is 11.1. The number of hydrogen-bond donors (Lipinski definition) is 1. The summed E-state index contributed by atoms with van der Waals surface area (Å²) >= 11 is 0. The third kappa shape index (κ3) is 9.64. The van der Waals surface area contributed by atoms with Crippen LogP contribution in [0.25, 0.3) is 0 Å². The van der Waals surface area contributed by atoms with Gasteiger partial charge in [-0.2, -0.15) is 0 Å². The molecule has 104 valence electrons. The molecule has 0 aromatic carbocycles. The van der Waals surface area contributed by atoms with Crippen molar-refractivity contribution in [1.82, 2.24) is 0 Å². The second-order valence-electron chi connectivity index (χ2n) is 5.60. The SMILES string of the molecule is CCCCCC(O)(CCCCC)CCCCC. The van der Waals surface area contributed by atoms with Crippen LogP contribution in [0.1, 0.15) is 97.8 Å². The molecule has 0 saturated carbocycles. The van der Waals surface area contributed by atoms with Gasteiger partial charge in [-0.05, 0) is 19.3 Å². The van der Waals surface area contributed by atoms with E-state index in [-0.39, 0.29) is 5.60 Å². The third-order valence-electron chi connectivity index (χ3n) is 3.74. The molecule has 0 rings (SSSR count). The van der Waals surface area contributed by atoms with Gasteiger partial charge in [0.15, 0.2) is 0 Å². The van der Waals surface area contributed by atoms with Crippen LogP contribution in [0.4, 0.5) is 0 Å². The van der Waals surface area contributed by atoms with Crippen molar-refractivity contribution in [3.8, 4) is 0 Å². The summed E-state index contributed by atoms with van der Waals surface area (Å²) in [4.78, 5) is 0. The van der Waals surface area contributed by atoms with Gasteiger partial charge in [0.05, 0.1) is 5.60 Å². The molecule has 1 heteroatoms. The fourth-order valence-corrected chi connectivity index (χ4v) is 2.49. The number of aliphatic hydroxyl groups is 1. The molecule has 0 bridgehead atoms. The van der Waals surface area contributed by atoms with Gasteiger partial charge in [-0.25, -0.2) is 0 Å². The quantitative estimate of drug-likeness (QED) is 0.451. The Morgan fingerprint density at radius 3 is 1.12 bits per heavy atom. The predicted octanol–water partition coefficient (Wildman–Crippen LogP) is 5.46. The monoisotopic (exact) mass is 242 g/mol. The van der Waals surface area contributed by atoms with Crippen LogP contribution >= 0.6 is 0 Å². The van der Waals surface area contributed by atoms with Crippen LogP contribution in [0.3, 0.4) is 0 Å². The van der Waals surface area contributed by atoms with Crippen LogP contribution in [-0.2, 0) is 0 Å².